The van der Waals surface area contributed by atoms with Gasteiger partial charge in [0.05, 0.1) is 12.6 Å². The first-order chi connectivity index (χ1) is 12.2. The Hall–Kier alpha value is -2.53. The summed E-state index contributed by atoms with van der Waals surface area (Å²) in [7, 11) is 0. The van der Waals surface area contributed by atoms with Gasteiger partial charge < -0.3 is 20.6 Å². The molecule has 2 aromatic rings. The first-order valence-corrected chi connectivity index (χ1v) is 8.76. The van der Waals surface area contributed by atoms with E-state index in [-0.39, 0.29) is 24.7 Å². The van der Waals surface area contributed by atoms with E-state index in [9.17, 15) is 9.90 Å². The minimum absolute atomic E-state index is 0.0802. The maximum absolute atomic E-state index is 12.2. The third-order valence-electron chi connectivity index (χ3n) is 4.53. The van der Waals surface area contributed by atoms with E-state index in [1.807, 2.05) is 48.5 Å². The number of benzene rings is 2. The van der Waals surface area contributed by atoms with E-state index in [0.717, 1.165) is 25.1 Å². The summed E-state index contributed by atoms with van der Waals surface area (Å²) >= 11 is 0. The Morgan fingerprint density at radius 2 is 1.80 bits per heavy atom. The molecule has 5 heteroatoms. The van der Waals surface area contributed by atoms with Crippen LogP contribution in [0.3, 0.4) is 0 Å². The van der Waals surface area contributed by atoms with Crippen LogP contribution in [0.2, 0.25) is 0 Å². The minimum Gasteiger partial charge on any atom is -0.394 e. The van der Waals surface area contributed by atoms with Crippen LogP contribution in [0.5, 0.6) is 0 Å². The zero-order valence-electron chi connectivity index (χ0n) is 14.3. The number of anilines is 1. The molecule has 1 saturated heterocycles. The van der Waals surface area contributed by atoms with Crippen molar-refractivity contribution in [1.29, 1.82) is 0 Å². The van der Waals surface area contributed by atoms with Gasteiger partial charge in [-0.2, -0.15) is 0 Å². The van der Waals surface area contributed by atoms with Gasteiger partial charge in [-0.1, -0.05) is 48.5 Å². The van der Waals surface area contributed by atoms with Gasteiger partial charge in [0.2, 0.25) is 0 Å². The molecule has 2 amide bonds. The van der Waals surface area contributed by atoms with E-state index in [1.165, 1.54) is 5.69 Å². The number of hydrogen-bond acceptors (Lipinski definition) is 3. The van der Waals surface area contributed by atoms with Crippen LogP contribution in [0.25, 0.3) is 0 Å². The number of nitrogens with one attached hydrogen (secondary N) is 2. The lowest BCUT2D eigenvalue weighted by Gasteiger charge is -2.21. The van der Waals surface area contributed by atoms with Gasteiger partial charge in [0.25, 0.3) is 0 Å². The fraction of sp³-hybridized carbons (Fsp3) is 0.350. The highest BCUT2D eigenvalue weighted by molar-refractivity contribution is 5.74. The van der Waals surface area contributed by atoms with E-state index in [1.54, 1.807) is 0 Å². The normalized spacial score (nSPS) is 18.0. The van der Waals surface area contributed by atoms with Crippen LogP contribution >= 0.6 is 0 Å². The van der Waals surface area contributed by atoms with E-state index < -0.39 is 0 Å². The van der Waals surface area contributed by atoms with Gasteiger partial charge >= 0.3 is 6.03 Å². The third kappa shape index (κ3) is 4.97. The summed E-state index contributed by atoms with van der Waals surface area (Å²) in [4.78, 5) is 14.5. The molecule has 1 heterocycles. The predicted molar refractivity (Wildman–Crippen MR) is 99.7 cm³/mol. The summed E-state index contributed by atoms with van der Waals surface area (Å²) in [6, 6.07) is 19.7. The average Bonchev–Trinajstić information content (AvgIpc) is 3.11. The molecule has 1 aliphatic heterocycles. The van der Waals surface area contributed by atoms with Gasteiger partial charge in [-0.25, -0.2) is 4.79 Å². The predicted octanol–water partition coefficient (Wildman–Crippen LogP) is 2.17. The van der Waals surface area contributed by atoms with Crippen LogP contribution in [-0.4, -0.2) is 42.9 Å². The molecule has 0 spiro atoms. The number of nitrogens with zero attached hydrogens (tertiary/aromatic N) is 1. The van der Waals surface area contributed by atoms with Crippen molar-refractivity contribution >= 4 is 11.7 Å². The second-order valence-electron chi connectivity index (χ2n) is 6.45. The number of para-hydroxylation sites is 1. The quantitative estimate of drug-likeness (QED) is 0.756. The van der Waals surface area contributed by atoms with E-state index in [4.69, 9.17) is 0 Å². The number of aliphatic hydroxyl groups is 1. The molecule has 1 fully saturated rings. The molecule has 0 saturated carbocycles. The molecular weight excluding hydrogens is 314 g/mol. The zero-order chi connectivity index (χ0) is 17.5. The Labute approximate surface area is 148 Å². The highest BCUT2D eigenvalue weighted by Gasteiger charge is 2.24. The Morgan fingerprint density at radius 1 is 1.12 bits per heavy atom. The summed E-state index contributed by atoms with van der Waals surface area (Å²) in [6.07, 6.45) is 1.54. The van der Waals surface area contributed by atoms with Gasteiger partial charge in [-0.15, -0.1) is 0 Å². The van der Waals surface area contributed by atoms with Crippen LogP contribution in [0.4, 0.5) is 10.5 Å². The molecule has 0 aliphatic carbocycles. The highest BCUT2D eigenvalue weighted by Crippen LogP contribution is 2.19. The first-order valence-electron chi connectivity index (χ1n) is 8.76. The summed E-state index contributed by atoms with van der Waals surface area (Å²) < 4.78 is 0. The van der Waals surface area contributed by atoms with Crippen LogP contribution in [0.15, 0.2) is 60.7 Å². The molecule has 2 aromatic carbocycles. The SMILES string of the molecule is O=C(NC1CCN(c2ccccc2)C1)N[C@H](CO)Cc1ccccc1. The maximum atomic E-state index is 12.2. The van der Waals surface area contributed by atoms with Gasteiger partial charge in [0.15, 0.2) is 0 Å². The molecule has 0 radical (unpaired) electrons. The molecule has 25 heavy (non-hydrogen) atoms. The van der Waals surface area contributed by atoms with Gasteiger partial charge in [-0.05, 0) is 30.5 Å². The van der Waals surface area contributed by atoms with Crippen LogP contribution in [-0.2, 0) is 6.42 Å². The largest absolute Gasteiger partial charge is 0.394 e. The number of carbonyl (C=O) groups is 1. The second-order valence-corrected chi connectivity index (χ2v) is 6.45. The smallest absolute Gasteiger partial charge is 0.315 e. The first kappa shape index (κ1) is 17.3. The lowest BCUT2D eigenvalue weighted by Crippen LogP contribution is -2.48. The summed E-state index contributed by atoms with van der Waals surface area (Å²) in [6.45, 7) is 1.66. The second kappa shape index (κ2) is 8.53. The number of carbonyl (C=O) groups excluding carboxylic acids is 1. The molecule has 1 unspecified atom stereocenters. The molecule has 5 nitrogen and oxygen atoms in total. The lowest BCUT2D eigenvalue weighted by molar-refractivity contribution is 0.213. The van der Waals surface area contributed by atoms with Crippen molar-refractivity contribution in [2.45, 2.75) is 24.9 Å². The van der Waals surface area contributed by atoms with Crippen LogP contribution < -0.4 is 15.5 Å². The molecule has 3 rings (SSSR count). The Balaban J connectivity index is 1.47. The topological polar surface area (TPSA) is 64.6 Å². The van der Waals surface area contributed by atoms with Gasteiger partial charge in [-0.3, -0.25) is 0 Å². The highest BCUT2D eigenvalue weighted by atomic mass is 16.3. The number of urea groups is 1. The van der Waals surface area contributed by atoms with Crippen molar-refractivity contribution in [1.82, 2.24) is 10.6 Å². The number of hydrogen-bond donors (Lipinski definition) is 3. The number of amides is 2. The van der Waals surface area contributed by atoms with Crippen molar-refractivity contribution in [3.05, 3.63) is 66.2 Å². The van der Waals surface area contributed by atoms with Crippen molar-refractivity contribution in [3.63, 3.8) is 0 Å². The molecule has 132 valence electrons. The molecule has 1 aliphatic rings. The standard InChI is InChI=1S/C20H25N3O2/c24-15-18(13-16-7-3-1-4-8-16)22-20(25)21-17-11-12-23(14-17)19-9-5-2-6-10-19/h1-10,17-18,24H,11-15H2,(H2,21,22,25)/t17?,18-/m0/s1. The molecule has 0 bridgehead atoms. The minimum atomic E-state index is -0.283. The van der Waals surface area contributed by atoms with Crippen LogP contribution in [0.1, 0.15) is 12.0 Å². The zero-order valence-corrected chi connectivity index (χ0v) is 14.3. The lowest BCUT2D eigenvalue weighted by atomic mass is 10.1. The molecule has 2 atom stereocenters. The Kier molecular flexibility index (Phi) is 5.90. The fourth-order valence-electron chi connectivity index (χ4n) is 3.22. The molecule has 0 aromatic heterocycles. The van der Waals surface area contributed by atoms with Crippen molar-refractivity contribution in [2.24, 2.45) is 0 Å². The number of aliphatic hydroxyl groups excluding tert-OH is 1. The molecular formula is C20H25N3O2. The fourth-order valence-corrected chi connectivity index (χ4v) is 3.22. The van der Waals surface area contributed by atoms with E-state index >= 15 is 0 Å². The maximum Gasteiger partial charge on any atom is 0.315 e. The van der Waals surface area contributed by atoms with Crippen molar-refractivity contribution in [3.8, 4) is 0 Å². The average molecular weight is 339 g/mol. The Morgan fingerprint density at radius 3 is 2.48 bits per heavy atom. The monoisotopic (exact) mass is 339 g/mol. The summed E-state index contributed by atoms with van der Waals surface area (Å²) in [5.41, 5.74) is 2.28. The number of rotatable bonds is 6. The van der Waals surface area contributed by atoms with E-state index in [2.05, 4.69) is 27.7 Å². The van der Waals surface area contributed by atoms with Crippen LogP contribution in [0, 0.1) is 0 Å². The van der Waals surface area contributed by atoms with Gasteiger partial charge in [0, 0.05) is 24.8 Å². The van der Waals surface area contributed by atoms with E-state index in [0.29, 0.717) is 6.42 Å². The van der Waals surface area contributed by atoms with Crippen molar-refractivity contribution in [2.75, 3.05) is 24.6 Å². The summed E-state index contributed by atoms with van der Waals surface area (Å²) in [5.74, 6) is 0. The van der Waals surface area contributed by atoms with Gasteiger partial charge in [0.1, 0.15) is 0 Å². The summed E-state index contributed by atoms with van der Waals surface area (Å²) in [5, 5.41) is 15.4. The Bertz CT molecular complexity index is 663. The third-order valence-corrected chi connectivity index (χ3v) is 4.53. The molecule has 3 N–H and O–H groups in total. The van der Waals surface area contributed by atoms with Crippen molar-refractivity contribution < 1.29 is 9.90 Å².